The average Bonchev–Trinajstić information content (AvgIpc) is 3.06. The third-order valence-corrected chi connectivity index (χ3v) is 12.0. The first kappa shape index (κ1) is 39.8. The summed E-state index contributed by atoms with van der Waals surface area (Å²) in [6.45, 7) is 10.1. The minimum atomic E-state index is 0. The first-order chi connectivity index (χ1) is 21.5. The Morgan fingerprint density at radius 2 is 0.609 bits per heavy atom. The molecule has 0 aliphatic heterocycles. The van der Waals surface area contributed by atoms with Crippen molar-refractivity contribution < 1.29 is 37.7 Å². The minimum absolute atomic E-state index is 0. The zero-order chi connectivity index (χ0) is 30.7. The molecular formula is C40H62B2Li2N2. The minimum Gasteiger partial charge on any atom is -0.706 e. The standard InChI is InChI=1S/2C20H31BN.2Li/c2*1-16-10-9-11-17(2)20(16)22-21(18-12-5-3-6-13-18)19-14-7-4-8-15-19;;/h2*9-11,18-19H,3-8,12-15H2,1-2H3;;/q2*-1;2*+1. The van der Waals surface area contributed by atoms with Gasteiger partial charge in [-0.1, -0.05) is 210 Å². The Hall–Kier alpha value is -0.635. The molecule has 0 spiro atoms. The van der Waals surface area contributed by atoms with Gasteiger partial charge in [-0.3, -0.25) is 0 Å². The quantitative estimate of drug-likeness (QED) is 0.273. The van der Waals surface area contributed by atoms with Crippen LogP contribution in [-0.4, -0.2) is 13.7 Å². The van der Waals surface area contributed by atoms with Gasteiger partial charge in [-0.15, -0.1) is 11.4 Å². The van der Waals surface area contributed by atoms with Gasteiger partial charge in [0, 0.05) is 13.7 Å². The Labute approximate surface area is 309 Å². The molecule has 240 valence electrons. The number of nitrogens with zero attached hydrogens (tertiary/aromatic N) is 2. The van der Waals surface area contributed by atoms with Crippen LogP contribution in [0.5, 0.6) is 0 Å². The maximum atomic E-state index is 5.40. The van der Waals surface area contributed by atoms with E-state index in [-0.39, 0.29) is 37.7 Å². The molecule has 4 saturated carbocycles. The maximum absolute atomic E-state index is 5.40. The molecule has 0 bridgehead atoms. The van der Waals surface area contributed by atoms with Gasteiger partial charge in [0.05, 0.1) is 0 Å². The fourth-order valence-corrected chi connectivity index (χ4v) is 9.41. The summed E-state index contributed by atoms with van der Waals surface area (Å²) in [7, 11) is 0. The fourth-order valence-electron chi connectivity index (χ4n) is 9.41. The molecule has 0 heterocycles. The van der Waals surface area contributed by atoms with Crippen molar-refractivity contribution >= 4 is 25.1 Å². The third kappa shape index (κ3) is 11.2. The summed E-state index contributed by atoms with van der Waals surface area (Å²) < 4.78 is 0. The topological polar surface area (TPSA) is 28.2 Å². The average molecular weight is 606 g/mol. The zero-order valence-corrected chi connectivity index (χ0v) is 31.0. The van der Waals surface area contributed by atoms with Crippen molar-refractivity contribution in [1.29, 1.82) is 0 Å². The van der Waals surface area contributed by atoms with Crippen molar-refractivity contribution in [2.24, 2.45) is 0 Å². The van der Waals surface area contributed by atoms with E-state index in [0.717, 1.165) is 23.3 Å². The molecule has 46 heavy (non-hydrogen) atoms. The van der Waals surface area contributed by atoms with Gasteiger partial charge in [-0.2, -0.15) is 0 Å². The predicted molar refractivity (Wildman–Crippen MR) is 197 cm³/mol. The van der Waals surface area contributed by atoms with Gasteiger partial charge in [-0.25, -0.2) is 0 Å². The molecule has 2 aromatic carbocycles. The van der Waals surface area contributed by atoms with E-state index in [1.165, 1.54) is 162 Å². The summed E-state index contributed by atoms with van der Waals surface area (Å²) in [5.41, 5.74) is 8.02. The smallest absolute Gasteiger partial charge is 0.706 e. The molecule has 0 amide bonds. The van der Waals surface area contributed by atoms with Crippen molar-refractivity contribution in [1.82, 2.24) is 0 Å². The maximum Gasteiger partial charge on any atom is 1.00 e. The Kier molecular flexibility index (Phi) is 18.0. The van der Waals surface area contributed by atoms with Crippen molar-refractivity contribution in [3.05, 3.63) is 69.1 Å². The van der Waals surface area contributed by atoms with E-state index in [1.807, 2.05) is 0 Å². The second-order valence-electron chi connectivity index (χ2n) is 15.3. The van der Waals surface area contributed by atoms with E-state index >= 15 is 0 Å². The van der Waals surface area contributed by atoms with Crippen LogP contribution in [0.3, 0.4) is 0 Å². The third-order valence-electron chi connectivity index (χ3n) is 12.0. The number of aryl methyl sites for hydroxylation is 4. The van der Waals surface area contributed by atoms with E-state index < -0.39 is 0 Å². The van der Waals surface area contributed by atoms with Crippen LogP contribution in [0.2, 0.25) is 23.3 Å². The first-order valence-corrected chi connectivity index (χ1v) is 19.1. The van der Waals surface area contributed by atoms with Gasteiger partial charge in [0.15, 0.2) is 0 Å². The van der Waals surface area contributed by atoms with E-state index in [0.29, 0.717) is 13.7 Å². The zero-order valence-electron chi connectivity index (χ0n) is 31.0. The van der Waals surface area contributed by atoms with Gasteiger partial charge in [0.1, 0.15) is 0 Å². The van der Waals surface area contributed by atoms with Gasteiger partial charge >= 0.3 is 37.7 Å². The second kappa shape index (κ2) is 20.8. The summed E-state index contributed by atoms with van der Waals surface area (Å²) in [6.07, 6.45) is 28.5. The predicted octanol–water partition coefficient (Wildman–Crippen LogP) is 7.95. The molecule has 0 unspecified atom stereocenters. The van der Waals surface area contributed by atoms with E-state index in [4.69, 9.17) is 10.5 Å². The second-order valence-corrected chi connectivity index (χ2v) is 15.3. The molecule has 0 aromatic heterocycles. The molecule has 2 aromatic rings. The van der Waals surface area contributed by atoms with Crippen LogP contribution in [0.4, 0.5) is 11.4 Å². The summed E-state index contributed by atoms with van der Waals surface area (Å²) in [5, 5.41) is 10.8. The van der Waals surface area contributed by atoms with Crippen molar-refractivity contribution in [3.8, 4) is 0 Å². The van der Waals surface area contributed by atoms with Crippen LogP contribution in [0.1, 0.15) is 151 Å². The van der Waals surface area contributed by atoms with Crippen molar-refractivity contribution in [3.63, 3.8) is 0 Å². The molecule has 4 aliphatic carbocycles. The molecule has 0 N–H and O–H groups in total. The van der Waals surface area contributed by atoms with Crippen LogP contribution in [-0.2, 0) is 0 Å². The van der Waals surface area contributed by atoms with Crippen LogP contribution < -0.4 is 37.7 Å². The number of rotatable bonds is 8. The molecule has 6 rings (SSSR count). The summed E-state index contributed by atoms with van der Waals surface area (Å²) in [6, 6.07) is 13.2. The molecule has 4 fully saturated rings. The van der Waals surface area contributed by atoms with Crippen molar-refractivity contribution in [2.45, 2.75) is 179 Å². The van der Waals surface area contributed by atoms with Crippen LogP contribution in [0, 0.1) is 27.7 Å². The number of hydrogen-bond donors (Lipinski definition) is 0. The van der Waals surface area contributed by atoms with E-state index in [1.54, 1.807) is 0 Å². The van der Waals surface area contributed by atoms with E-state index in [9.17, 15) is 0 Å². The van der Waals surface area contributed by atoms with Gasteiger partial charge in [-0.05, 0) is 27.7 Å². The van der Waals surface area contributed by atoms with Crippen molar-refractivity contribution in [2.75, 3.05) is 0 Å². The number of benzene rings is 2. The summed E-state index contributed by atoms with van der Waals surface area (Å²) >= 11 is 0. The fraction of sp³-hybridized carbons (Fsp3) is 0.700. The Morgan fingerprint density at radius 1 is 0.391 bits per heavy atom. The Bertz CT molecular complexity index is 970. The molecule has 4 aliphatic rings. The molecule has 6 heteroatoms. The number of hydrogen-bond acceptors (Lipinski definition) is 0. The molecule has 0 saturated heterocycles. The van der Waals surface area contributed by atoms with Crippen LogP contribution in [0.15, 0.2) is 36.4 Å². The van der Waals surface area contributed by atoms with Gasteiger partial charge in [0.25, 0.3) is 0 Å². The Balaban J connectivity index is 0.000000240. The first-order valence-electron chi connectivity index (χ1n) is 19.1. The van der Waals surface area contributed by atoms with Gasteiger partial charge in [0.2, 0.25) is 0 Å². The molecule has 2 nitrogen and oxygen atoms in total. The molecule has 0 atom stereocenters. The summed E-state index contributed by atoms with van der Waals surface area (Å²) in [5.74, 6) is 3.37. The SMILES string of the molecule is Cc1cccc(C)c1[N-]B(C1CCCCC1)C1CCCCC1.Cc1cccc(C)c1[N-]B(C1CCCCC1)C1CCCCC1.[Li+].[Li+]. The monoisotopic (exact) mass is 607 g/mol. The van der Waals surface area contributed by atoms with E-state index in [2.05, 4.69) is 64.1 Å². The summed E-state index contributed by atoms with van der Waals surface area (Å²) in [4.78, 5) is 0. The molecule has 0 radical (unpaired) electrons. The van der Waals surface area contributed by atoms with Gasteiger partial charge < -0.3 is 10.5 Å². The normalized spacial score (nSPS) is 19.9. The Morgan fingerprint density at radius 3 is 0.826 bits per heavy atom. The van der Waals surface area contributed by atoms with Crippen LogP contribution >= 0.6 is 0 Å². The largest absolute Gasteiger partial charge is 1.00 e. The van der Waals surface area contributed by atoms with Crippen LogP contribution in [0.25, 0.3) is 10.5 Å². The molecular weight excluding hydrogens is 544 g/mol.